The number of hydrogen-bond donors (Lipinski definition) is 1. The van der Waals surface area contributed by atoms with E-state index in [2.05, 4.69) is 50.2 Å². The smallest absolute Gasteiger partial charge is 0.0406 e. The Balaban J connectivity index is 2.61. The summed E-state index contributed by atoms with van der Waals surface area (Å²) in [5.41, 5.74) is 1.33. The lowest BCUT2D eigenvalue weighted by Gasteiger charge is -2.28. The molecule has 0 aliphatic carbocycles. The quantitative estimate of drug-likeness (QED) is 0.722. The third kappa shape index (κ3) is 5.43. The van der Waals surface area contributed by atoms with E-state index in [0.717, 1.165) is 24.5 Å². The Kier molecular flexibility index (Phi) is 8.20. The molecule has 1 N–H and O–H groups in total. The number of hydrogen-bond acceptors (Lipinski definition) is 2. The fourth-order valence-electron chi connectivity index (χ4n) is 2.76. The van der Waals surface area contributed by atoms with Crippen LogP contribution in [0.3, 0.4) is 0 Å². The summed E-state index contributed by atoms with van der Waals surface area (Å²) in [5, 5.41) is 4.38. The van der Waals surface area contributed by atoms with Crippen LogP contribution in [-0.4, -0.2) is 31.1 Å². The molecule has 114 valence electrons. The van der Waals surface area contributed by atoms with E-state index in [9.17, 15) is 0 Å². The second kappa shape index (κ2) is 9.38. The molecule has 1 aromatic carbocycles. The minimum atomic E-state index is 0.411. The van der Waals surface area contributed by atoms with E-state index in [0.29, 0.717) is 12.1 Å². The summed E-state index contributed by atoms with van der Waals surface area (Å²) in [4.78, 5) is 2.49. The number of rotatable bonds is 9. The summed E-state index contributed by atoms with van der Waals surface area (Å²) in [6, 6.07) is 9.33. The zero-order chi connectivity index (χ0) is 15.0. The molecule has 0 saturated heterocycles. The molecule has 20 heavy (non-hydrogen) atoms. The number of benzene rings is 1. The van der Waals surface area contributed by atoms with Crippen molar-refractivity contribution < 1.29 is 0 Å². The van der Waals surface area contributed by atoms with E-state index < -0.39 is 0 Å². The lowest BCUT2D eigenvalue weighted by molar-refractivity contribution is 0.218. The molecule has 0 heterocycles. The molecule has 0 radical (unpaired) electrons. The molecule has 2 nitrogen and oxygen atoms in total. The van der Waals surface area contributed by atoms with E-state index in [1.165, 1.54) is 18.4 Å². The molecule has 1 atom stereocenters. The molecule has 1 unspecified atom stereocenters. The van der Waals surface area contributed by atoms with Gasteiger partial charge in [0, 0.05) is 17.1 Å². The normalized spacial score (nSPS) is 13.2. The van der Waals surface area contributed by atoms with Crippen molar-refractivity contribution in [2.75, 3.05) is 20.1 Å². The van der Waals surface area contributed by atoms with Crippen LogP contribution in [0, 0.1) is 0 Å². The highest BCUT2D eigenvalue weighted by atomic mass is 35.5. The standard InChI is InChI=1S/C17H29ClN2/c1-5-16(6-2)20(4)13-12-17(19-7-3)14-8-10-15(18)11-9-14/h8-11,16-17,19H,5-7,12-13H2,1-4H3. The number of nitrogens with one attached hydrogen (secondary N) is 1. The third-order valence-corrected chi connectivity index (χ3v) is 4.31. The van der Waals surface area contributed by atoms with Crippen molar-refractivity contribution >= 4 is 11.6 Å². The van der Waals surface area contributed by atoms with Gasteiger partial charge in [-0.05, 0) is 57.1 Å². The molecule has 0 spiro atoms. The fourth-order valence-corrected chi connectivity index (χ4v) is 2.88. The van der Waals surface area contributed by atoms with Crippen LogP contribution in [-0.2, 0) is 0 Å². The molecular formula is C17H29ClN2. The first kappa shape index (κ1) is 17.5. The van der Waals surface area contributed by atoms with Crippen molar-refractivity contribution in [3.63, 3.8) is 0 Å². The molecule has 0 amide bonds. The minimum Gasteiger partial charge on any atom is -0.310 e. The van der Waals surface area contributed by atoms with E-state index in [4.69, 9.17) is 11.6 Å². The van der Waals surface area contributed by atoms with Gasteiger partial charge in [0.2, 0.25) is 0 Å². The zero-order valence-corrected chi connectivity index (χ0v) is 14.1. The second-order valence-corrected chi connectivity index (χ2v) is 5.84. The lowest BCUT2D eigenvalue weighted by atomic mass is 10.0. The molecule has 3 heteroatoms. The van der Waals surface area contributed by atoms with Crippen LogP contribution in [0.5, 0.6) is 0 Å². The second-order valence-electron chi connectivity index (χ2n) is 5.40. The Bertz CT molecular complexity index is 360. The molecule has 1 rings (SSSR count). The van der Waals surface area contributed by atoms with Gasteiger partial charge in [0.1, 0.15) is 0 Å². The van der Waals surface area contributed by atoms with Gasteiger partial charge in [-0.2, -0.15) is 0 Å². The zero-order valence-electron chi connectivity index (χ0n) is 13.3. The molecule has 0 aromatic heterocycles. The van der Waals surface area contributed by atoms with Crippen LogP contribution < -0.4 is 5.32 Å². The summed E-state index contributed by atoms with van der Waals surface area (Å²) < 4.78 is 0. The van der Waals surface area contributed by atoms with Crippen molar-refractivity contribution in [2.45, 2.75) is 52.1 Å². The molecule has 0 bridgehead atoms. The highest BCUT2D eigenvalue weighted by molar-refractivity contribution is 6.30. The van der Waals surface area contributed by atoms with E-state index in [-0.39, 0.29) is 0 Å². The first-order valence-electron chi connectivity index (χ1n) is 7.81. The number of nitrogens with zero attached hydrogens (tertiary/aromatic N) is 1. The molecular weight excluding hydrogens is 268 g/mol. The summed E-state index contributed by atoms with van der Waals surface area (Å²) in [6.07, 6.45) is 3.57. The summed E-state index contributed by atoms with van der Waals surface area (Å²) in [7, 11) is 2.24. The highest BCUT2D eigenvalue weighted by Gasteiger charge is 2.14. The Labute approximate surface area is 129 Å². The Hall–Kier alpha value is -0.570. The van der Waals surface area contributed by atoms with E-state index in [1.54, 1.807) is 0 Å². The van der Waals surface area contributed by atoms with Gasteiger partial charge in [-0.1, -0.05) is 44.5 Å². The first-order valence-corrected chi connectivity index (χ1v) is 8.19. The summed E-state index contributed by atoms with van der Waals surface area (Å²) >= 11 is 5.97. The van der Waals surface area contributed by atoms with Crippen LogP contribution in [0.4, 0.5) is 0 Å². The van der Waals surface area contributed by atoms with Crippen LogP contribution >= 0.6 is 11.6 Å². The minimum absolute atomic E-state index is 0.411. The third-order valence-electron chi connectivity index (χ3n) is 4.06. The molecule has 0 fully saturated rings. The van der Waals surface area contributed by atoms with Gasteiger partial charge in [0.25, 0.3) is 0 Å². The average molecular weight is 297 g/mol. The first-order chi connectivity index (χ1) is 9.62. The maximum atomic E-state index is 5.97. The fraction of sp³-hybridized carbons (Fsp3) is 0.647. The van der Waals surface area contributed by atoms with Gasteiger partial charge in [-0.25, -0.2) is 0 Å². The average Bonchev–Trinajstić information content (AvgIpc) is 2.46. The maximum Gasteiger partial charge on any atom is 0.0406 e. The Morgan fingerprint density at radius 2 is 1.70 bits per heavy atom. The van der Waals surface area contributed by atoms with Crippen molar-refractivity contribution in [2.24, 2.45) is 0 Å². The predicted octanol–water partition coefficient (Wildman–Crippen LogP) is 4.50. The van der Waals surface area contributed by atoms with Crippen molar-refractivity contribution in [1.82, 2.24) is 10.2 Å². The van der Waals surface area contributed by atoms with Gasteiger partial charge < -0.3 is 10.2 Å². The van der Waals surface area contributed by atoms with Crippen molar-refractivity contribution in [1.29, 1.82) is 0 Å². The SMILES string of the molecule is CCNC(CCN(C)C(CC)CC)c1ccc(Cl)cc1. The molecule has 0 aliphatic rings. The van der Waals surface area contributed by atoms with E-state index >= 15 is 0 Å². The van der Waals surface area contributed by atoms with Crippen molar-refractivity contribution in [3.8, 4) is 0 Å². The van der Waals surface area contributed by atoms with E-state index in [1.807, 2.05) is 12.1 Å². The Morgan fingerprint density at radius 3 is 2.20 bits per heavy atom. The van der Waals surface area contributed by atoms with Gasteiger partial charge in [0.05, 0.1) is 0 Å². The van der Waals surface area contributed by atoms with Crippen LogP contribution in [0.2, 0.25) is 5.02 Å². The Morgan fingerprint density at radius 1 is 1.10 bits per heavy atom. The van der Waals surface area contributed by atoms with Gasteiger partial charge >= 0.3 is 0 Å². The number of halogens is 1. The van der Waals surface area contributed by atoms with Crippen molar-refractivity contribution in [3.05, 3.63) is 34.9 Å². The van der Waals surface area contributed by atoms with Gasteiger partial charge in [-0.15, -0.1) is 0 Å². The predicted molar refractivity (Wildman–Crippen MR) is 89.5 cm³/mol. The van der Waals surface area contributed by atoms with Gasteiger partial charge in [0.15, 0.2) is 0 Å². The maximum absolute atomic E-state index is 5.97. The lowest BCUT2D eigenvalue weighted by Crippen LogP contribution is -2.34. The van der Waals surface area contributed by atoms with Gasteiger partial charge in [-0.3, -0.25) is 0 Å². The summed E-state index contributed by atoms with van der Waals surface area (Å²) in [6.45, 7) is 8.80. The largest absolute Gasteiger partial charge is 0.310 e. The summed E-state index contributed by atoms with van der Waals surface area (Å²) in [5.74, 6) is 0. The molecule has 0 saturated carbocycles. The molecule has 0 aliphatic heterocycles. The van der Waals surface area contributed by atoms with Crippen LogP contribution in [0.15, 0.2) is 24.3 Å². The van der Waals surface area contributed by atoms with Crippen LogP contribution in [0.1, 0.15) is 51.6 Å². The highest BCUT2D eigenvalue weighted by Crippen LogP contribution is 2.20. The topological polar surface area (TPSA) is 15.3 Å². The van der Waals surface area contributed by atoms with Crippen LogP contribution in [0.25, 0.3) is 0 Å². The molecule has 1 aromatic rings. The monoisotopic (exact) mass is 296 g/mol.